The normalized spacial score (nSPS) is 15.2. The van der Waals surface area contributed by atoms with Gasteiger partial charge < -0.3 is 25.7 Å². The molecule has 1 fully saturated rings. The highest BCUT2D eigenvalue weighted by Crippen LogP contribution is 2.37. The molecule has 4 heterocycles. The summed E-state index contributed by atoms with van der Waals surface area (Å²) < 4.78 is 0. The van der Waals surface area contributed by atoms with Crippen LogP contribution in [-0.4, -0.2) is 56.2 Å². The number of carboxylic acid groups (broad SMARTS) is 1. The van der Waals surface area contributed by atoms with E-state index in [0.717, 1.165) is 25.2 Å². The third-order valence-electron chi connectivity index (χ3n) is 6.74. The molecule has 0 radical (unpaired) electrons. The molecule has 1 unspecified atom stereocenters. The SMILES string of the molecule is CCC(=O)c1cnc2ccc(-c3cc(Cl)c(O)c(Cl)c3)nc2c1Nc1ccc(N2CCCC(NC(=O)O)C2)nc1. The van der Waals surface area contributed by atoms with E-state index >= 15 is 0 Å². The van der Waals surface area contributed by atoms with Crippen molar-refractivity contribution in [3.05, 3.63) is 64.4 Å². The van der Waals surface area contributed by atoms with Crippen LogP contribution >= 0.6 is 23.2 Å². The number of phenolic OH excluding ortho intramolecular Hbond substituents is 1. The predicted octanol–water partition coefficient (Wildman–Crippen LogP) is 6.28. The topological polar surface area (TPSA) is 141 Å². The number of rotatable bonds is 7. The molecule has 1 aliphatic heterocycles. The zero-order valence-corrected chi connectivity index (χ0v) is 23.0. The number of nitrogens with one attached hydrogen (secondary N) is 2. The van der Waals surface area contributed by atoms with Gasteiger partial charge in [-0.25, -0.2) is 14.8 Å². The molecule has 0 aliphatic carbocycles. The number of pyridine rings is 3. The van der Waals surface area contributed by atoms with Crippen molar-refractivity contribution in [2.45, 2.75) is 32.2 Å². The maximum Gasteiger partial charge on any atom is 0.404 e. The average molecular weight is 581 g/mol. The molecule has 1 amide bonds. The van der Waals surface area contributed by atoms with E-state index < -0.39 is 6.09 Å². The number of piperidine rings is 1. The number of hydrogen-bond donors (Lipinski definition) is 4. The number of benzene rings is 1. The fraction of sp³-hybridized carbons (Fsp3) is 0.250. The van der Waals surface area contributed by atoms with Crippen LogP contribution in [0.2, 0.25) is 10.0 Å². The number of Topliss-reactive ketones (excluding diaryl/α,β-unsaturated/α-hetero) is 1. The molecule has 3 aromatic heterocycles. The Morgan fingerprint density at radius 2 is 1.88 bits per heavy atom. The molecule has 5 rings (SSSR count). The van der Waals surface area contributed by atoms with Crippen LogP contribution in [0.4, 0.5) is 22.0 Å². The maximum absolute atomic E-state index is 12.9. The van der Waals surface area contributed by atoms with Gasteiger partial charge in [-0.15, -0.1) is 0 Å². The first-order valence-electron chi connectivity index (χ1n) is 12.7. The molecule has 0 spiro atoms. The summed E-state index contributed by atoms with van der Waals surface area (Å²) in [6.45, 7) is 3.09. The number of halogens is 2. The molecule has 1 aliphatic rings. The molecular formula is C28H26Cl2N6O4. The summed E-state index contributed by atoms with van der Waals surface area (Å²) >= 11 is 12.3. The minimum Gasteiger partial charge on any atom is -0.505 e. The van der Waals surface area contributed by atoms with E-state index in [-0.39, 0.29) is 34.0 Å². The fourth-order valence-corrected chi connectivity index (χ4v) is 5.22. The molecule has 12 heteroatoms. The second-order valence-electron chi connectivity index (χ2n) is 9.44. The lowest BCUT2D eigenvalue weighted by atomic mass is 10.1. The molecule has 0 bridgehead atoms. The number of hydrogen-bond acceptors (Lipinski definition) is 8. The highest BCUT2D eigenvalue weighted by Gasteiger charge is 2.23. The summed E-state index contributed by atoms with van der Waals surface area (Å²) in [6.07, 6.45) is 4.08. The van der Waals surface area contributed by atoms with Crippen LogP contribution in [0, 0.1) is 0 Å². The van der Waals surface area contributed by atoms with Gasteiger partial charge in [0.15, 0.2) is 11.5 Å². The number of phenols is 1. The Kier molecular flexibility index (Phi) is 7.90. The van der Waals surface area contributed by atoms with E-state index in [1.807, 2.05) is 17.0 Å². The number of aromatic hydroxyl groups is 1. The van der Waals surface area contributed by atoms with E-state index in [1.165, 1.54) is 6.20 Å². The number of amides is 1. The second kappa shape index (κ2) is 11.5. The Bertz CT molecular complexity index is 1580. The largest absolute Gasteiger partial charge is 0.505 e. The van der Waals surface area contributed by atoms with Crippen molar-refractivity contribution in [2.24, 2.45) is 0 Å². The van der Waals surface area contributed by atoms with Crippen LogP contribution in [0.5, 0.6) is 5.75 Å². The van der Waals surface area contributed by atoms with Gasteiger partial charge in [0.25, 0.3) is 0 Å². The van der Waals surface area contributed by atoms with Crippen LogP contribution in [0.15, 0.2) is 48.8 Å². The first-order valence-corrected chi connectivity index (χ1v) is 13.5. The lowest BCUT2D eigenvalue weighted by Crippen LogP contribution is -2.47. The minimum absolute atomic E-state index is 0.0979. The molecule has 4 aromatic rings. The van der Waals surface area contributed by atoms with Crippen molar-refractivity contribution in [3.63, 3.8) is 0 Å². The van der Waals surface area contributed by atoms with Gasteiger partial charge in [0.1, 0.15) is 11.3 Å². The van der Waals surface area contributed by atoms with Crippen molar-refractivity contribution >= 4 is 63.3 Å². The van der Waals surface area contributed by atoms with E-state index in [2.05, 4.69) is 20.6 Å². The van der Waals surface area contributed by atoms with Crippen LogP contribution in [0.25, 0.3) is 22.3 Å². The van der Waals surface area contributed by atoms with Gasteiger partial charge in [-0.1, -0.05) is 30.1 Å². The molecule has 0 saturated carbocycles. The predicted molar refractivity (Wildman–Crippen MR) is 155 cm³/mol. The first-order chi connectivity index (χ1) is 19.2. The number of ketones is 1. The average Bonchev–Trinajstić information content (AvgIpc) is 2.95. The summed E-state index contributed by atoms with van der Waals surface area (Å²) in [7, 11) is 0. The molecule has 206 valence electrons. The van der Waals surface area contributed by atoms with Crippen LogP contribution in [0.3, 0.4) is 0 Å². The van der Waals surface area contributed by atoms with Gasteiger partial charge in [0.2, 0.25) is 0 Å². The second-order valence-corrected chi connectivity index (χ2v) is 10.3. The fourth-order valence-electron chi connectivity index (χ4n) is 4.74. The maximum atomic E-state index is 12.9. The summed E-state index contributed by atoms with van der Waals surface area (Å²) in [4.78, 5) is 39.8. The van der Waals surface area contributed by atoms with Gasteiger partial charge in [0, 0.05) is 37.3 Å². The summed E-state index contributed by atoms with van der Waals surface area (Å²) in [5, 5.41) is 25.1. The number of aromatic nitrogens is 3. The Balaban J connectivity index is 1.49. The van der Waals surface area contributed by atoms with Gasteiger partial charge in [-0.2, -0.15) is 0 Å². The van der Waals surface area contributed by atoms with Crippen LogP contribution in [-0.2, 0) is 0 Å². The van der Waals surface area contributed by atoms with E-state index in [0.29, 0.717) is 45.8 Å². The van der Waals surface area contributed by atoms with E-state index in [4.69, 9.17) is 33.3 Å². The number of fused-ring (bicyclic) bond motifs is 1. The Hall–Kier alpha value is -4.15. The van der Waals surface area contributed by atoms with Crippen molar-refractivity contribution in [2.75, 3.05) is 23.3 Å². The van der Waals surface area contributed by atoms with Gasteiger partial charge in [0.05, 0.1) is 44.4 Å². The van der Waals surface area contributed by atoms with Crippen LogP contribution in [0.1, 0.15) is 36.5 Å². The monoisotopic (exact) mass is 580 g/mol. The summed E-state index contributed by atoms with van der Waals surface area (Å²) in [5.74, 6) is 0.421. The number of nitrogens with zero attached hydrogens (tertiary/aromatic N) is 4. The summed E-state index contributed by atoms with van der Waals surface area (Å²) in [6, 6.07) is 10.2. The van der Waals surface area contributed by atoms with Crippen molar-refractivity contribution in [3.8, 4) is 17.0 Å². The Labute approximate surface area is 240 Å². The Morgan fingerprint density at radius 1 is 1.10 bits per heavy atom. The number of anilines is 3. The van der Waals surface area contributed by atoms with Crippen molar-refractivity contribution < 1.29 is 19.8 Å². The molecule has 4 N–H and O–H groups in total. The first kappa shape index (κ1) is 27.4. The lowest BCUT2D eigenvalue weighted by Gasteiger charge is -2.33. The smallest absolute Gasteiger partial charge is 0.404 e. The van der Waals surface area contributed by atoms with Crippen LogP contribution < -0.4 is 15.5 Å². The van der Waals surface area contributed by atoms with E-state index in [9.17, 15) is 14.7 Å². The lowest BCUT2D eigenvalue weighted by molar-refractivity contribution is 0.0988. The quantitative estimate of drug-likeness (QED) is 0.186. The van der Waals surface area contributed by atoms with E-state index in [1.54, 1.807) is 37.4 Å². The molecule has 1 atom stereocenters. The number of carbonyl (C=O) groups excluding carboxylic acids is 1. The highest BCUT2D eigenvalue weighted by atomic mass is 35.5. The molecular weight excluding hydrogens is 555 g/mol. The van der Waals surface area contributed by atoms with Crippen molar-refractivity contribution in [1.29, 1.82) is 0 Å². The summed E-state index contributed by atoms with van der Waals surface area (Å²) in [5.41, 5.74) is 3.70. The third kappa shape index (κ3) is 5.73. The highest BCUT2D eigenvalue weighted by molar-refractivity contribution is 6.37. The molecule has 10 nitrogen and oxygen atoms in total. The molecule has 1 aromatic carbocycles. The van der Waals surface area contributed by atoms with Gasteiger partial charge in [-0.05, 0) is 49.2 Å². The zero-order valence-electron chi connectivity index (χ0n) is 21.5. The van der Waals surface area contributed by atoms with Gasteiger partial charge >= 0.3 is 6.09 Å². The Morgan fingerprint density at radius 3 is 2.55 bits per heavy atom. The standard InChI is InChI=1S/C28H26Cl2N6O4/c1-2-23(37)18-13-31-22-7-6-21(15-10-19(29)27(38)20(30)11-15)35-26(22)25(18)33-16-5-8-24(32-12-16)36-9-3-4-17(14-36)34-28(39)40/h5-8,10-13,17,34,38H,2-4,9,14H2,1H3,(H,31,33)(H,39,40). The third-order valence-corrected chi connectivity index (χ3v) is 7.31. The molecule has 1 saturated heterocycles. The zero-order chi connectivity index (χ0) is 28.4. The van der Waals surface area contributed by atoms with Gasteiger partial charge in [-0.3, -0.25) is 9.78 Å². The number of carbonyl (C=O) groups is 2. The van der Waals surface area contributed by atoms with Crippen molar-refractivity contribution in [1.82, 2.24) is 20.3 Å². The molecule has 40 heavy (non-hydrogen) atoms. The minimum atomic E-state index is -1.03.